The first-order valence-electron chi connectivity index (χ1n) is 12.9. The van der Waals surface area contributed by atoms with E-state index in [0.29, 0.717) is 17.2 Å². The summed E-state index contributed by atoms with van der Waals surface area (Å²) in [5.41, 5.74) is 1.67. The summed E-state index contributed by atoms with van der Waals surface area (Å²) in [6.07, 6.45) is 0. The van der Waals surface area contributed by atoms with E-state index < -0.39 is 23.8 Å². The number of carbonyl (C=O) groups excluding carboxylic acids is 3. The largest absolute Gasteiger partial charge is 0.457 e. The molecule has 0 aliphatic carbocycles. The number of nitrogens with one attached hydrogen (secondary N) is 2. The highest BCUT2D eigenvalue weighted by atomic mass is 16.5. The van der Waals surface area contributed by atoms with E-state index in [1.54, 1.807) is 61.6 Å². The first kappa shape index (κ1) is 28.2. The minimum Gasteiger partial charge on any atom is -0.457 e. The molecule has 4 aromatic rings. The van der Waals surface area contributed by atoms with Crippen LogP contribution in [0.25, 0.3) is 0 Å². The number of likely N-dealkylation sites (N-methyl/N-ethyl adjacent to an activating group) is 1. The van der Waals surface area contributed by atoms with Gasteiger partial charge in [-0.05, 0) is 61.1 Å². The molecule has 0 bridgehead atoms. The first-order chi connectivity index (χ1) is 19.5. The average molecular weight is 538 g/mol. The fraction of sp³-hybridized carbons (Fsp3) is 0.156. The maximum atomic E-state index is 13.6. The van der Waals surface area contributed by atoms with E-state index in [0.717, 1.165) is 10.5 Å². The Kier molecular flexibility index (Phi) is 10.2. The molecule has 0 saturated heterocycles. The molecule has 0 radical (unpaired) electrons. The summed E-state index contributed by atoms with van der Waals surface area (Å²) in [6.45, 7) is -0.111. The maximum Gasteiger partial charge on any atom is 0.261 e. The van der Waals surface area contributed by atoms with Crippen molar-refractivity contribution < 1.29 is 23.9 Å². The van der Waals surface area contributed by atoms with E-state index in [-0.39, 0.29) is 25.3 Å². The van der Waals surface area contributed by atoms with E-state index >= 15 is 0 Å². The second kappa shape index (κ2) is 14.4. The zero-order valence-electron chi connectivity index (χ0n) is 22.2. The van der Waals surface area contributed by atoms with Crippen molar-refractivity contribution in [3.63, 3.8) is 0 Å². The van der Waals surface area contributed by atoms with Gasteiger partial charge in [-0.1, -0.05) is 66.7 Å². The molecule has 3 amide bonds. The van der Waals surface area contributed by atoms with Gasteiger partial charge in [0.15, 0.2) is 0 Å². The average Bonchev–Trinajstić information content (AvgIpc) is 2.99. The van der Waals surface area contributed by atoms with Crippen molar-refractivity contribution in [1.29, 1.82) is 0 Å². The Morgan fingerprint density at radius 3 is 1.95 bits per heavy atom. The van der Waals surface area contributed by atoms with Crippen LogP contribution < -0.4 is 15.4 Å². The number of carbonyl (C=O) groups is 3. The molecule has 1 atom stereocenters. The lowest BCUT2D eigenvalue weighted by Gasteiger charge is -2.29. The van der Waals surface area contributed by atoms with Crippen molar-refractivity contribution in [3.05, 3.63) is 126 Å². The molecule has 0 aromatic heterocycles. The third kappa shape index (κ3) is 7.86. The quantitative estimate of drug-likeness (QED) is 0.267. The van der Waals surface area contributed by atoms with Gasteiger partial charge in [-0.25, -0.2) is 0 Å². The normalized spacial score (nSPS) is 11.3. The maximum absolute atomic E-state index is 13.6. The number of nitrogens with zero attached hydrogens (tertiary/aromatic N) is 1. The molecule has 0 fully saturated rings. The molecule has 0 aliphatic rings. The summed E-state index contributed by atoms with van der Waals surface area (Å²) in [5, 5.41) is 5.60. The zero-order chi connectivity index (χ0) is 28.2. The van der Waals surface area contributed by atoms with E-state index in [1.165, 1.54) is 0 Å². The Morgan fingerprint density at radius 2 is 1.32 bits per heavy atom. The van der Waals surface area contributed by atoms with Crippen molar-refractivity contribution in [2.24, 2.45) is 0 Å². The van der Waals surface area contributed by atoms with Crippen molar-refractivity contribution in [1.82, 2.24) is 10.2 Å². The minimum atomic E-state index is -1.22. The van der Waals surface area contributed by atoms with E-state index in [1.807, 2.05) is 60.7 Å². The van der Waals surface area contributed by atoms with Gasteiger partial charge in [0.25, 0.3) is 5.91 Å². The zero-order valence-corrected chi connectivity index (χ0v) is 22.2. The van der Waals surface area contributed by atoms with Crippen molar-refractivity contribution in [3.8, 4) is 11.5 Å². The lowest BCUT2D eigenvalue weighted by atomic mass is 10.1. The summed E-state index contributed by atoms with van der Waals surface area (Å²) in [5.74, 6) is -0.411. The Balaban J connectivity index is 1.55. The molecule has 0 aliphatic heterocycles. The number of ether oxygens (including phenoxy) is 2. The Morgan fingerprint density at radius 1 is 0.750 bits per heavy atom. The number of rotatable bonds is 12. The van der Waals surface area contributed by atoms with Gasteiger partial charge in [0.1, 0.15) is 17.5 Å². The Bertz CT molecular complexity index is 1380. The molecule has 4 rings (SSSR count). The van der Waals surface area contributed by atoms with Crippen LogP contribution in [0, 0.1) is 0 Å². The molecular weight excluding hydrogens is 506 g/mol. The standard InChI is InChI=1S/C32H31N3O5/c1-33-21-30(36)35(32(38)25-13-7-3-8-14-25)29(23-39-22-24-11-5-2-6-12-24)31(37)34-26-17-19-28(20-18-26)40-27-15-9-4-10-16-27/h2-20,29,33H,21-23H2,1H3,(H,34,37). The first-order valence-corrected chi connectivity index (χ1v) is 12.9. The highest BCUT2D eigenvalue weighted by molar-refractivity contribution is 6.09. The number of anilines is 1. The van der Waals surface area contributed by atoms with Crippen LogP contribution in [0.5, 0.6) is 11.5 Å². The van der Waals surface area contributed by atoms with Crippen LogP contribution in [0.2, 0.25) is 0 Å². The third-order valence-corrected chi connectivity index (χ3v) is 5.94. The number of hydrogen-bond acceptors (Lipinski definition) is 6. The van der Waals surface area contributed by atoms with Crippen LogP contribution in [0.3, 0.4) is 0 Å². The fourth-order valence-corrected chi connectivity index (χ4v) is 3.97. The Labute approximate surface area is 233 Å². The van der Waals surface area contributed by atoms with Gasteiger partial charge in [-0.2, -0.15) is 0 Å². The molecular formula is C32H31N3O5. The number of imide groups is 1. The van der Waals surface area contributed by atoms with Gasteiger partial charge >= 0.3 is 0 Å². The fourth-order valence-electron chi connectivity index (χ4n) is 3.97. The van der Waals surface area contributed by atoms with Crippen molar-refractivity contribution >= 4 is 23.4 Å². The third-order valence-electron chi connectivity index (χ3n) is 5.94. The summed E-state index contributed by atoms with van der Waals surface area (Å²) in [4.78, 5) is 41.3. The number of benzene rings is 4. The van der Waals surface area contributed by atoms with Gasteiger partial charge in [-0.15, -0.1) is 0 Å². The molecule has 4 aromatic carbocycles. The second-order valence-corrected chi connectivity index (χ2v) is 8.91. The van der Waals surface area contributed by atoms with Crippen LogP contribution in [0.4, 0.5) is 5.69 Å². The summed E-state index contributed by atoms with van der Waals surface area (Å²) >= 11 is 0. The van der Waals surface area contributed by atoms with Crippen molar-refractivity contribution in [2.75, 3.05) is 25.5 Å². The summed E-state index contributed by atoms with van der Waals surface area (Å²) < 4.78 is 11.7. The molecule has 0 heterocycles. The van der Waals surface area contributed by atoms with E-state index in [2.05, 4.69) is 10.6 Å². The lowest BCUT2D eigenvalue weighted by molar-refractivity contribution is -0.137. The van der Waals surface area contributed by atoms with E-state index in [9.17, 15) is 14.4 Å². The number of hydrogen-bond donors (Lipinski definition) is 2. The molecule has 40 heavy (non-hydrogen) atoms. The minimum absolute atomic E-state index is 0.132. The van der Waals surface area contributed by atoms with Gasteiger partial charge in [-0.3, -0.25) is 19.3 Å². The topological polar surface area (TPSA) is 97.0 Å². The van der Waals surface area contributed by atoms with Crippen molar-refractivity contribution in [2.45, 2.75) is 12.6 Å². The molecule has 0 saturated carbocycles. The molecule has 8 heteroatoms. The van der Waals surface area contributed by atoms with Crippen LogP contribution in [-0.2, 0) is 20.9 Å². The van der Waals surface area contributed by atoms with Gasteiger partial charge in [0, 0.05) is 11.3 Å². The molecule has 8 nitrogen and oxygen atoms in total. The highest BCUT2D eigenvalue weighted by Gasteiger charge is 2.35. The predicted octanol–water partition coefficient (Wildman–Crippen LogP) is 4.89. The monoisotopic (exact) mass is 537 g/mol. The smallest absolute Gasteiger partial charge is 0.261 e. The van der Waals surface area contributed by atoms with Crippen LogP contribution in [-0.4, -0.2) is 48.9 Å². The van der Waals surface area contributed by atoms with Crippen LogP contribution in [0.15, 0.2) is 115 Å². The van der Waals surface area contributed by atoms with Gasteiger partial charge < -0.3 is 20.1 Å². The SMILES string of the molecule is CNCC(=O)N(C(=O)c1ccccc1)C(COCc1ccccc1)C(=O)Nc1ccc(Oc2ccccc2)cc1. The lowest BCUT2D eigenvalue weighted by Crippen LogP contribution is -2.54. The van der Waals surface area contributed by atoms with Crippen LogP contribution >= 0.6 is 0 Å². The van der Waals surface area contributed by atoms with Gasteiger partial charge in [0.05, 0.1) is 19.8 Å². The molecule has 2 N–H and O–H groups in total. The molecule has 204 valence electrons. The van der Waals surface area contributed by atoms with Gasteiger partial charge in [0.2, 0.25) is 11.8 Å². The summed E-state index contributed by atoms with van der Waals surface area (Å²) in [6, 6.07) is 32.8. The molecule has 0 spiro atoms. The highest BCUT2D eigenvalue weighted by Crippen LogP contribution is 2.23. The second-order valence-electron chi connectivity index (χ2n) is 8.91. The Hall–Kier alpha value is -4.79. The van der Waals surface area contributed by atoms with Crippen LogP contribution in [0.1, 0.15) is 15.9 Å². The van der Waals surface area contributed by atoms with E-state index in [4.69, 9.17) is 9.47 Å². The predicted molar refractivity (Wildman–Crippen MR) is 153 cm³/mol. The molecule has 1 unspecified atom stereocenters. The summed E-state index contributed by atoms with van der Waals surface area (Å²) in [7, 11) is 1.60. The number of para-hydroxylation sites is 1. The number of amides is 3.